The van der Waals surface area contributed by atoms with Crippen molar-refractivity contribution < 1.29 is 62.8 Å². The van der Waals surface area contributed by atoms with E-state index < -0.39 is 89.9 Å². The molecule has 5 saturated heterocycles. The van der Waals surface area contributed by atoms with Crippen molar-refractivity contribution in [3.05, 3.63) is 35.2 Å². The van der Waals surface area contributed by atoms with E-state index in [0.29, 0.717) is 30.9 Å². The smallest absolute Gasteiger partial charge is 0.311 e. The van der Waals surface area contributed by atoms with Gasteiger partial charge in [-0.15, -0.1) is 11.3 Å². The molecule has 2 aromatic rings. The average Bonchev–Trinajstić information content (AvgIpc) is 3.77. The maximum Gasteiger partial charge on any atom is 0.311 e. The molecule has 0 aromatic carbocycles. The van der Waals surface area contributed by atoms with Crippen molar-refractivity contribution in [1.82, 2.24) is 15.2 Å². The van der Waals surface area contributed by atoms with Crippen LogP contribution in [0.5, 0.6) is 0 Å². The highest BCUT2D eigenvalue weighted by Crippen LogP contribution is 2.41. The molecule has 0 radical (unpaired) electrons. The van der Waals surface area contributed by atoms with Crippen LogP contribution < -0.4 is 11.1 Å². The molecule has 390 valence electrons. The lowest BCUT2D eigenvalue weighted by atomic mass is 9.78. The fourth-order valence-electron chi connectivity index (χ4n) is 10.7. The zero-order valence-corrected chi connectivity index (χ0v) is 43.8. The van der Waals surface area contributed by atoms with Gasteiger partial charge in [0, 0.05) is 43.0 Å². The van der Waals surface area contributed by atoms with Gasteiger partial charge in [0.25, 0.3) is 0 Å². The van der Waals surface area contributed by atoms with Gasteiger partial charge < -0.3 is 74.0 Å². The highest BCUT2D eigenvalue weighted by atomic mass is 32.1. The molecule has 0 amide bonds. The number of aromatic nitrogens is 1. The predicted molar refractivity (Wildman–Crippen MR) is 261 cm³/mol. The maximum absolute atomic E-state index is 14.8. The number of nitrogen functional groups attached to an aromatic ring is 1. The molecule has 0 unspecified atom stereocenters. The number of oxime groups is 1. The van der Waals surface area contributed by atoms with E-state index >= 15 is 0 Å². The summed E-state index contributed by atoms with van der Waals surface area (Å²) in [6, 6.07) is 8.93. The first-order valence-electron chi connectivity index (χ1n) is 24.6. The molecule has 19 heteroatoms. The van der Waals surface area contributed by atoms with E-state index in [1.807, 2.05) is 77.9 Å². The molecule has 6 N–H and O–H groups in total. The molecule has 2 bridgehead atoms. The molecular weight excluding hydrogens is 911 g/mol. The number of pyridine rings is 1. The number of anilines is 1. The topological polar surface area (TPSA) is 227 Å². The number of ether oxygens (including phenoxy) is 8. The summed E-state index contributed by atoms with van der Waals surface area (Å²) in [4.78, 5) is 29.1. The van der Waals surface area contributed by atoms with Gasteiger partial charge in [0.1, 0.15) is 35.4 Å². The lowest BCUT2D eigenvalue weighted by Gasteiger charge is -2.50. The Morgan fingerprint density at radius 2 is 1.75 bits per heavy atom. The first-order valence-corrected chi connectivity index (χ1v) is 25.4. The number of aliphatic hydroxyl groups excluding tert-OH is 2. The van der Waals surface area contributed by atoms with Crippen molar-refractivity contribution in [3.63, 3.8) is 0 Å². The van der Waals surface area contributed by atoms with Crippen molar-refractivity contribution in [1.29, 1.82) is 0 Å². The van der Waals surface area contributed by atoms with E-state index in [9.17, 15) is 20.1 Å². The molecule has 7 heterocycles. The van der Waals surface area contributed by atoms with Crippen LogP contribution in [0.25, 0.3) is 10.6 Å². The summed E-state index contributed by atoms with van der Waals surface area (Å²) in [5.74, 6) is -2.18. The second-order valence-corrected chi connectivity index (χ2v) is 22.0. The molecular formula is C50H81N5O13S. The van der Waals surface area contributed by atoms with E-state index in [1.54, 1.807) is 33.8 Å². The van der Waals surface area contributed by atoms with Gasteiger partial charge >= 0.3 is 5.97 Å². The molecule has 5 fully saturated rings. The minimum atomic E-state index is -1.69. The Labute approximate surface area is 412 Å². The van der Waals surface area contributed by atoms with Crippen LogP contribution >= 0.6 is 11.3 Å². The zero-order valence-electron chi connectivity index (χ0n) is 43.0. The molecule has 18 nitrogen and oxygen atoms in total. The normalized spacial score (nSPS) is 41.7. The van der Waals surface area contributed by atoms with Gasteiger partial charge in [0.15, 0.2) is 19.2 Å². The highest BCUT2D eigenvalue weighted by molar-refractivity contribution is 7.15. The summed E-state index contributed by atoms with van der Waals surface area (Å²) in [5, 5.41) is 44.1. The van der Waals surface area contributed by atoms with Gasteiger partial charge in [-0.2, -0.15) is 0 Å². The number of fused-ring (bicyclic) bond motifs is 15. The van der Waals surface area contributed by atoms with Crippen LogP contribution in [0.4, 0.5) is 5.82 Å². The Kier molecular flexibility index (Phi) is 18.7. The van der Waals surface area contributed by atoms with E-state index in [0.717, 1.165) is 15.4 Å². The standard InChI is InChI=1S/C50H81N5O13S/c1-14-38-50(10,59)44-27(2)23-52-28(3)21-49(9,62-25-33(24-61-44)54-63-26-34-18-19-37(69-34)35-16-15-17-39(51)53-35)45(68-47-41(56)36(55(11)12)20-29(4)64-47)30(5)42(31(6)46(58)66-38)67-40-22-48(8,60-13)43(57)32(7)65-40/h15-19,27-32,36,38,40-45,47,52,56-57,59H,14,20-26H2,1-13H3,(H2,51,53)/b54-33+/t27-,28+,29+,30-,31+,32-,36-,38+,40-,41+,42-,43-,44+,45+,47-,48+,49+,50+/m0/s1. The molecule has 69 heavy (non-hydrogen) atoms. The van der Waals surface area contributed by atoms with Gasteiger partial charge in [-0.1, -0.05) is 32.0 Å². The first kappa shape index (κ1) is 55.4. The monoisotopic (exact) mass is 992 g/mol. The van der Waals surface area contributed by atoms with Crippen molar-refractivity contribution in [2.75, 3.05) is 46.7 Å². The number of nitrogens with one attached hydrogen (secondary N) is 1. The molecule has 7 rings (SSSR count). The van der Waals surface area contributed by atoms with E-state index in [1.165, 1.54) is 18.4 Å². The number of hydrogen-bond acceptors (Lipinski definition) is 19. The Morgan fingerprint density at radius 1 is 1.01 bits per heavy atom. The predicted octanol–water partition coefficient (Wildman–Crippen LogP) is 4.90. The number of nitrogens with two attached hydrogens (primary N) is 1. The second-order valence-electron chi connectivity index (χ2n) is 20.8. The number of carbonyl (C=O) groups is 1. The van der Waals surface area contributed by atoms with Crippen molar-refractivity contribution in [2.45, 2.75) is 192 Å². The van der Waals surface area contributed by atoms with Crippen molar-refractivity contribution >= 4 is 28.8 Å². The molecule has 0 saturated carbocycles. The molecule has 5 aliphatic heterocycles. The number of nitrogens with zero attached hydrogens (tertiary/aromatic N) is 3. The number of esters is 1. The number of aliphatic hydroxyl groups is 3. The second kappa shape index (κ2) is 23.3. The fraction of sp³-hybridized carbons (Fsp3) is 0.780. The van der Waals surface area contributed by atoms with E-state index in [4.69, 9.17) is 48.5 Å². The largest absolute Gasteiger partial charge is 0.459 e. The molecule has 5 aliphatic rings. The van der Waals surface area contributed by atoms with Gasteiger partial charge in [-0.25, -0.2) is 4.98 Å². The molecule has 0 spiro atoms. The minimum absolute atomic E-state index is 0.0895. The quantitative estimate of drug-likeness (QED) is 0.149. The SMILES string of the molecule is CC[C@H]1OC(=O)[C@H](C)[C@@H](O[C@H]2C[C@@](C)(OC)[C@@H](O)[C@H](C)O2)[C@H](C)[C@@H](O[C@@H]2O[C@H](C)C[C@H](N(C)C)[C@H]2O)[C@@]2(C)C[C@@H](C)NC[C@H](C)[C@@H](OC/C(=N\OCc3ccc(-c4cccc(N)n4)s3)CO2)[C@]1(C)O. The summed E-state index contributed by atoms with van der Waals surface area (Å²) in [6.07, 6.45) is -7.49. The Balaban J connectivity index is 1.46. The third kappa shape index (κ3) is 13.0. The molecule has 0 aliphatic carbocycles. The number of rotatable bonds is 11. The van der Waals surface area contributed by atoms with Crippen LogP contribution in [-0.4, -0.2) is 168 Å². The van der Waals surface area contributed by atoms with Gasteiger partial charge in [-0.05, 0) is 112 Å². The summed E-state index contributed by atoms with van der Waals surface area (Å²) in [7, 11) is 5.37. The van der Waals surface area contributed by atoms with Gasteiger partial charge in [0.2, 0.25) is 0 Å². The van der Waals surface area contributed by atoms with Crippen LogP contribution in [0.1, 0.15) is 99.8 Å². The highest BCUT2D eigenvalue weighted by Gasteiger charge is 2.54. The number of thiophene rings is 1. The summed E-state index contributed by atoms with van der Waals surface area (Å²) >= 11 is 1.51. The fourth-order valence-corrected chi connectivity index (χ4v) is 11.6. The summed E-state index contributed by atoms with van der Waals surface area (Å²) in [5.41, 5.74) is 3.17. The van der Waals surface area contributed by atoms with Crippen LogP contribution in [0.15, 0.2) is 35.5 Å². The third-order valence-corrected chi connectivity index (χ3v) is 15.8. The van der Waals surface area contributed by atoms with Crippen LogP contribution in [-0.2, 0) is 54.1 Å². The summed E-state index contributed by atoms with van der Waals surface area (Å²) in [6.45, 7) is 19.0. The molecule has 2 aromatic heterocycles. The van der Waals surface area contributed by atoms with Gasteiger partial charge in [0.05, 0.1) is 71.4 Å². The van der Waals surface area contributed by atoms with E-state index in [2.05, 4.69) is 22.4 Å². The molecule has 18 atom stereocenters. The van der Waals surface area contributed by atoms with Gasteiger partial charge in [-0.3, -0.25) is 4.79 Å². The lowest BCUT2D eigenvalue weighted by molar-refractivity contribution is -0.319. The Morgan fingerprint density at radius 3 is 2.43 bits per heavy atom. The Hall–Kier alpha value is -2.89. The number of methoxy groups -OCH3 is 1. The zero-order chi connectivity index (χ0) is 50.6. The number of hydrogen-bond donors (Lipinski definition) is 5. The first-order chi connectivity index (χ1) is 32.5. The van der Waals surface area contributed by atoms with Crippen molar-refractivity contribution in [3.8, 4) is 10.6 Å². The number of likely N-dealkylation sites (N-methyl/N-ethyl adjacent to an activating group) is 1. The van der Waals surface area contributed by atoms with Crippen molar-refractivity contribution in [2.24, 2.45) is 22.9 Å². The maximum atomic E-state index is 14.8. The third-order valence-electron chi connectivity index (χ3n) is 14.8. The van der Waals surface area contributed by atoms with Crippen LogP contribution in [0.3, 0.4) is 0 Å². The summed E-state index contributed by atoms with van der Waals surface area (Å²) < 4.78 is 53.0. The minimum Gasteiger partial charge on any atom is -0.459 e. The van der Waals surface area contributed by atoms with E-state index in [-0.39, 0.29) is 56.8 Å². The van der Waals surface area contributed by atoms with Crippen LogP contribution in [0, 0.1) is 17.8 Å². The van der Waals surface area contributed by atoms with Crippen LogP contribution in [0.2, 0.25) is 0 Å². The Bertz CT molecular complexity index is 2010. The number of carbonyl (C=O) groups excluding carboxylic acids is 1. The average molecular weight is 992 g/mol. The lowest BCUT2D eigenvalue weighted by Crippen LogP contribution is -2.61.